The van der Waals surface area contributed by atoms with Crippen molar-refractivity contribution in [2.24, 2.45) is 10.7 Å². The van der Waals surface area contributed by atoms with Crippen LogP contribution in [0.5, 0.6) is 0 Å². The van der Waals surface area contributed by atoms with Gasteiger partial charge >= 0.3 is 5.88 Å². The molecule has 0 radical (unpaired) electrons. The van der Waals surface area contributed by atoms with Crippen LogP contribution in [0.15, 0.2) is 46.0 Å². The molecular formula is C12H14N4O2. The Morgan fingerprint density at radius 1 is 1.50 bits per heavy atom. The Hall–Kier alpha value is -2.37. The lowest BCUT2D eigenvalue weighted by molar-refractivity contribution is -0.782. The number of hydrogen-bond donors (Lipinski definition) is 1. The third-order valence-corrected chi connectivity index (χ3v) is 2.52. The smallest absolute Gasteiger partial charge is 0.322 e. The molecule has 6 heteroatoms. The van der Waals surface area contributed by atoms with Crippen molar-refractivity contribution in [3.63, 3.8) is 0 Å². The Balaban J connectivity index is 2.07. The highest BCUT2D eigenvalue weighted by atomic mass is 16.5. The van der Waals surface area contributed by atoms with Gasteiger partial charge < -0.3 is 10.8 Å². The van der Waals surface area contributed by atoms with Gasteiger partial charge in [-0.05, 0) is 10.2 Å². The first-order chi connectivity index (χ1) is 8.65. The largest absolute Gasteiger partial charge is 0.846 e. The number of aromatic nitrogens is 2. The highest BCUT2D eigenvalue weighted by Gasteiger charge is 2.19. The van der Waals surface area contributed by atoms with E-state index < -0.39 is 6.02 Å². The van der Waals surface area contributed by atoms with Crippen molar-refractivity contribution < 1.29 is 14.3 Å². The van der Waals surface area contributed by atoms with E-state index in [2.05, 4.69) is 10.3 Å². The van der Waals surface area contributed by atoms with Gasteiger partial charge in [0, 0.05) is 13.3 Å². The molecule has 0 bridgehead atoms. The first-order valence-electron chi connectivity index (χ1n) is 5.58. The van der Waals surface area contributed by atoms with Gasteiger partial charge in [0.25, 0.3) is 6.20 Å². The number of rotatable bonds is 4. The lowest BCUT2D eigenvalue weighted by Gasteiger charge is -2.01. The molecule has 0 saturated heterocycles. The van der Waals surface area contributed by atoms with Gasteiger partial charge in [0.2, 0.25) is 5.27 Å². The van der Waals surface area contributed by atoms with Gasteiger partial charge in [-0.15, -0.1) is 0 Å². The summed E-state index contributed by atoms with van der Waals surface area (Å²) >= 11 is 0. The third-order valence-electron chi connectivity index (χ3n) is 2.52. The van der Waals surface area contributed by atoms with Crippen LogP contribution in [0.25, 0.3) is 0 Å². The molecular weight excluding hydrogens is 232 g/mol. The van der Waals surface area contributed by atoms with Crippen LogP contribution >= 0.6 is 0 Å². The number of aliphatic imine (C=N–C) groups is 1. The molecule has 0 aliphatic carbocycles. The van der Waals surface area contributed by atoms with Crippen LogP contribution in [0.4, 0.5) is 5.88 Å². The van der Waals surface area contributed by atoms with Crippen molar-refractivity contribution in [3.05, 3.63) is 42.1 Å². The van der Waals surface area contributed by atoms with Crippen LogP contribution < -0.4 is 15.5 Å². The Morgan fingerprint density at radius 2 is 2.22 bits per heavy atom. The van der Waals surface area contributed by atoms with E-state index in [1.54, 1.807) is 10.9 Å². The van der Waals surface area contributed by atoms with Gasteiger partial charge in [-0.25, -0.2) is 4.99 Å². The van der Waals surface area contributed by atoms with Crippen molar-refractivity contribution in [1.82, 2.24) is 5.27 Å². The summed E-state index contributed by atoms with van der Waals surface area (Å²) in [6, 6.07) is 9.35. The first-order valence-corrected chi connectivity index (χ1v) is 5.58. The molecule has 2 N–H and O–H groups in total. The molecule has 6 nitrogen and oxygen atoms in total. The SMILES string of the molecule is C[C@@H](Cc1ccccc1)[n+]1cc(N=C(N)[O-])on1. The van der Waals surface area contributed by atoms with Gasteiger partial charge in [-0.2, -0.15) is 0 Å². The predicted octanol–water partition coefficient (Wildman–Crippen LogP) is 0.0723. The van der Waals surface area contributed by atoms with Gasteiger partial charge in [0.15, 0.2) is 6.04 Å². The van der Waals surface area contributed by atoms with Crippen LogP contribution in [0.3, 0.4) is 0 Å². The molecule has 0 spiro atoms. The van der Waals surface area contributed by atoms with E-state index in [-0.39, 0.29) is 11.9 Å². The molecule has 0 unspecified atom stereocenters. The van der Waals surface area contributed by atoms with E-state index >= 15 is 0 Å². The zero-order valence-electron chi connectivity index (χ0n) is 9.98. The summed E-state index contributed by atoms with van der Waals surface area (Å²) in [7, 11) is 0. The number of amidine groups is 1. The summed E-state index contributed by atoms with van der Waals surface area (Å²) in [6.45, 7) is 2.00. The predicted molar refractivity (Wildman–Crippen MR) is 62.8 cm³/mol. The molecule has 1 heterocycles. The van der Waals surface area contributed by atoms with Crippen molar-refractivity contribution >= 4 is 11.9 Å². The molecule has 2 aromatic rings. The van der Waals surface area contributed by atoms with E-state index in [9.17, 15) is 5.11 Å². The summed E-state index contributed by atoms with van der Waals surface area (Å²) in [5.41, 5.74) is 6.13. The number of hydrogen-bond acceptors (Lipinski definition) is 4. The summed E-state index contributed by atoms with van der Waals surface area (Å²) < 4.78 is 6.50. The highest BCUT2D eigenvalue weighted by molar-refractivity contribution is 5.69. The topological polar surface area (TPSA) is 91.3 Å². The van der Waals surface area contributed by atoms with Crippen molar-refractivity contribution in [1.29, 1.82) is 0 Å². The van der Waals surface area contributed by atoms with Crippen LogP contribution in [0, 0.1) is 0 Å². The summed E-state index contributed by atoms with van der Waals surface area (Å²) in [5.74, 6) is 0.113. The fourth-order valence-electron chi connectivity index (χ4n) is 1.66. The molecule has 1 atom stereocenters. The quantitative estimate of drug-likeness (QED) is 0.469. The highest BCUT2D eigenvalue weighted by Crippen LogP contribution is 2.10. The van der Waals surface area contributed by atoms with E-state index in [0.29, 0.717) is 0 Å². The summed E-state index contributed by atoms with van der Waals surface area (Å²) in [5, 5.41) is 14.4. The van der Waals surface area contributed by atoms with Gasteiger partial charge in [-0.3, -0.25) is 4.52 Å². The van der Waals surface area contributed by atoms with E-state index in [4.69, 9.17) is 10.3 Å². The minimum Gasteiger partial charge on any atom is -0.846 e. The molecule has 1 aromatic heterocycles. The van der Waals surface area contributed by atoms with Crippen LogP contribution in [0.1, 0.15) is 18.5 Å². The summed E-state index contributed by atoms with van der Waals surface area (Å²) in [6.07, 6.45) is 2.37. The van der Waals surface area contributed by atoms with E-state index in [1.165, 1.54) is 5.56 Å². The van der Waals surface area contributed by atoms with Crippen LogP contribution in [-0.2, 0) is 6.42 Å². The molecule has 0 aliphatic heterocycles. The number of nitrogens with two attached hydrogens (primary N) is 1. The minimum absolute atomic E-state index is 0.105. The Kier molecular flexibility index (Phi) is 3.57. The molecule has 18 heavy (non-hydrogen) atoms. The molecule has 1 aromatic carbocycles. The third kappa shape index (κ3) is 3.07. The maximum Gasteiger partial charge on any atom is 0.322 e. The maximum atomic E-state index is 10.6. The molecule has 0 aliphatic rings. The van der Waals surface area contributed by atoms with Crippen LogP contribution in [-0.4, -0.2) is 11.3 Å². The Labute approximate surface area is 104 Å². The second-order valence-corrected chi connectivity index (χ2v) is 4.01. The monoisotopic (exact) mass is 246 g/mol. The fraction of sp³-hybridized carbons (Fsp3) is 0.250. The van der Waals surface area contributed by atoms with Crippen molar-refractivity contribution in [2.75, 3.05) is 0 Å². The number of nitrogens with zero attached hydrogens (tertiary/aromatic N) is 3. The second-order valence-electron chi connectivity index (χ2n) is 4.01. The van der Waals surface area contributed by atoms with Crippen molar-refractivity contribution in [3.8, 4) is 0 Å². The molecule has 0 saturated carbocycles. The molecule has 0 fully saturated rings. The zero-order chi connectivity index (χ0) is 13.0. The van der Waals surface area contributed by atoms with Crippen LogP contribution in [0.2, 0.25) is 0 Å². The maximum absolute atomic E-state index is 10.6. The van der Waals surface area contributed by atoms with Crippen molar-refractivity contribution in [2.45, 2.75) is 19.4 Å². The van der Waals surface area contributed by atoms with Gasteiger partial charge in [0.1, 0.15) is 0 Å². The molecule has 94 valence electrons. The zero-order valence-corrected chi connectivity index (χ0v) is 9.98. The second kappa shape index (κ2) is 5.31. The lowest BCUT2D eigenvalue weighted by Crippen LogP contribution is -2.39. The standard InChI is InChI=1S/C12H14N4O2/c1-9(7-10-5-3-2-4-6-10)16-8-11(18-15-16)14-12(13)17/h2-6,8-9H,7H2,1H3,(H2-,13,14,15,17)/t9-/m0/s1. The van der Waals surface area contributed by atoms with Gasteiger partial charge in [-0.1, -0.05) is 30.3 Å². The van der Waals surface area contributed by atoms with Gasteiger partial charge in [0.05, 0.1) is 6.02 Å². The minimum atomic E-state index is -0.797. The normalized spacial score (nSPS) is 13.5. The first kappa shape index (κ1) is 12.1. The molecule has 0 amide bonds. The summed E-state index contributed by atoms with van der Waals surface area (Å²) in [4.78, 5) is 3.46. The average Bonchev–Trinajstić information content (AvgIpc) is 2.78. The molecule has 2 rings (SSSR count). The Bertz CT molecular complexity index is 532. The average molecular weight is 246 g/mol. The van der Waals surface area contributed by atoms with E-state index in [1.807, 2.05) is 37.3 Å². The number of benzene rings is 1. The Morgan fingerprint density at radius 3 is 2.89 bits per heavy atom. The van der Waals surface area contributed by atoms with E-state index in [0.717, 1.165) is 6.42 Å². The lowest BCUT2D eigenvalue weighted by atomic mass is 10.1. The fourth-order valence-corrected chi connectivity index (χ4v) is 1.66.